The Morgan fingerprint density at radius 1 is 0.800 bits per heavy atom. The molecule has 0 aromatic rings. The monoisotopic (exact) mass is 284 g/mol. The van der Waals surface area contributed by atoms with E-state index in [1.165, 1.54) is 57.8 Å². The number of hydrogen-bond donors (Lipinski definition) is 2. The Hall–Kier alpha value is -0.0800. The van der Waals surface area contributed by atoms with Gasteiger partial charge in [0, 0.05) is 0 Å². The topological polar surface area (TPSA) is 40.5 Å². The summed E-state index contributed by atoms with van der Waals surface area (Å²) in [5.41, 5.74) is -0.780. The minimum atomic E-state index is -0.780. The predicted octanol–water partition coefficient (Wildman–Crippen LogP) is 4.96. The molecule has 0 heterocycles. The Kier molecular flexibility index (Phi) is 9.54. The quantitative estimate of drug-likeness (QED) is 0.439. The molecule has 0 spiro atoms. The van der Waals surface area contributed by atoms with Crippen LogP contribution < -0.4 is 0 Å². The second kappa shape index (κ2) is 10.6. The summed E-state index contributed by atoms with van der Waals surface area (Å²) in [4.78, 5) is 0. The van der Waals surface area contributed by atoms with Crippen molar-refractivity contribution in [2.75, 3.05) is 0 Å². The van der Waals surface area contributed by atoms with Crippen molar-refractivity contribution in [3.05, 3.63) is 0 Å². The third-order valence-corrected chi connectivity index (χ3v) is 4.92. The van der Waals surface area contributed by atoms with Gasteiger partial charge in [0.25, 0.3) is 0 Å². The smallest absolute Gasteiger partial charge is 0.0905 e. The van der Waals surface area contributed by atoms with Crippen LogP contribution in [0.3, 0.4) is 0 Å². The van der Waals surface area contributed by atoms with E-state index in [0.717, 1.165) is 38.5 Å². The van der Waals surface area contributed by atoms with E-state index in [1.54, 1.807) is 0 Å². The van der Waals surface area contributed by atoms with Crippen molar-refractivity contribution in [2.45, 2.75) is 115 Å². The van der Waals surface area contributed by atoms with Gasteiger partial charge in [-0.1, -0.05) is 84.0 Å². The lowest BCUT2D eigenvalue weighted by Crippen LogP contribution is -2.41. The maximum absolute atomic E-state index is 10.6. The van der Waals surface area contributed by atoms with Gasteiger partial charge in [0.2, 0.25) is 0 Å². The average molecular weight is 284 g/mol. The molecule has 20 heavy (non-hydrogen) atoms. The summed E-state index contributed by atoms with van der Waals surface area (Å²) in [7, 11) is 0. The molecule has 1 aliphatic carbocycles. The molecule has 2 heteroatoms. The number of rotatable bonds is 10. The second-order valence-corrected chi connectivity index (χ2v) is 6.80. The molecule has 0 saturated heterocycles. The third kappa shape index (κ3) is 7.08. The Morgan fingerprint density at radius 2 is 1.30 bits per heavy atom. The summed E-state index contributed by atoms with van der Waals surface area (Å²) < 4.78 is 0. The third-order valence-electron chi connectivity index (χ3n) is 4.92. The molecule has 0 amide bonds. The molecule has 0 radical (unpaired) electrons. The molecule has 120 valence electrons. The zero-order valence-electron chi connectivity index (χ0n) is 13.6. The maximum Gasteiger partial charge on any atom is 0.0905 e. The highest BCUT2D eigenvalue weighted by Gasteiger charge is 2.35. The molecule has 1 unspecified atom stereocenters. The van der Waals surface area contributed by atoms with Gasteiger partial charge in [0.05, 0.1) is 11.7 Å². The van der Waals surface area contributed by atoms with Crippen LogP contribution in [-0.2, 0) is 0 Å². The van der Waals surface area contributed by atoms with Crippen LogP contribution in [0.4, 0.5) is 0 Å². The van der Waals surface area contributed by atoms with Gasteiger partial charge in [0.1, 0.15) is 0 Å². The standard InChI is InChI=1S/C18H36O2/c1-2-3-4-5-6-7-8-11-14-17(19)18(20)15-12-9-10-13-16-18/h17,19-20H,2-16H2,1H3. The molecule has 2 nitrogen and oxygen atoms in total. The summed E-state index contributed by atoms with van der Waals surface area (Å²) in [6, 6.07) is 0. The van der Waals surface area contributed by atoms with E-state index in [2.05, 4.69) is 6.92 Å². The summed E-state index contributed by atoms with van der Waals surface area (Å²) in [5.74, 6) is 0. The van der Waals surface area contributed by atoms with E-state index in [4.69, 9.17) is 0 Å². The molecule has 0 aliphatic heterocycles. The SMILES string of the molecule is CCCCCCCCCCC(O)C1(O)CCCCCC1. The van der Waals surface area contributed by atoms with Gasteiger partial charge >= 0.3 is 0 Å². The van der Waals surface area contributed by atoms with Crippen LogP contribution in [0.15, 0.2) is 0 Å². The summed E-state index contributed by atoms with van der Waals surface area (Å²) in [6.45, 7) is 2.25. The van der Waals surface area contributed by atoms with Crippen LogP contribution in [0.25, 0.3) is 0 Å². The lowest BCUT2D eigenvalue weighted by Gasteiger charge is -2.32. The normalized spacial score (nSPS) is 20.6. The largest absolute Gasteiger partial charge is 0.390 e. The molecule has 1 fully saturated rings. The summed E-state index contributed by atoms with van der Waals surface area (Å²) in [6.07, 6.45) is 16.8. The summed E-state index contributed by atoms with van der Waals surface area (Å²) in [5, 5.41) is 20.9. The molecule has 1 aliphatic rings. The van der Waals surface area contributed by atoms with Crippen LogP contribution in [0.5, 0.6) is 0 Å². The highest BCUT2D eigenvalue weighted by Crippen LogP contribution is 2.31. The molecule has 2 N–H and O–H groups in total. The molecule has 1 saturated carbocycles. The Morgan fingerprint density at radius 3 is 1.85 bits per heavy atom. The fraction of sp³-hybridized carbons (Fsp3) is 1.00. The van der Waals surface area contributed by atoms with Gasteiger partial charge in [-0.05, 0) is 19.3 Å². The molecule has 1 rings (SSSR count). The zero-order valence-corrected chi connectivity index (χ0v) is 13.6. The van der Waals surface area contributed by atoms with Gasteiger partial charge in [0.15, 0.2) is 0 Å². The molecule has 0 bridgehead atoms. The minimum absolute atomic E-state index is 0.499. The van der Waals surface area contributed by atoms with Gasteiger partial charge in [-0.25, -0.2) is 0 Å². The lowest BCUT2D eigenvalue weighted by atomic mass is 9.85. The Balaban J connectivity index is 2.05. The van der Waals surface area contributed by atoms with Crippen LogP contribution in [0.2, 0.25) is 0 Å². The van der Waals surface area contributed by atoms with Gasteiger partial charge in [-0.3, -0.25) is 0 Å². The molecule has 1 atom stereocenters. The fourth-order valence-electron chi connectivity index (χ4n) is 3.41. The van der Waals surface area contributed by atoms with E-state index < -0.39 is 11.7 Å². The second-order valence-electron chi connectivity index (χ2n) is 6.80. The number of aliphatic hydroxyl groups is 2. The van der Waals surface area contributed by atoms with Gasteiger partial charge in [-0.2, -0.15) is 0 Å². The fourth-order valence-corrected chi connectivity index (χ4v) is 3.41. The van der Waals surface area contributed by atoms with E-state index in [-0.39, 0.29) is 0 Å². The molecular formula is C18H36O2. The molecular weight excluding hydrogens is 248 g/mol. The van der Waals surface area contributed by atoms with Gasteiger partial charge in [-0.15, -0.1) is 0 Å². The van der Waals surface area contributed by atoms with Crippen molar-refractivity contribution in [3.8, 4) is 0 Å². The number of unbranched alkanes of at least 4 members (excludes halogenated alkanes) is 7. The van der Waals surface area contributed by atoms with Crippen molar-refractivity contribution >= 4 is 0 Å². The first-order valence-corrected chi connectivity index (χ1v) is 9.09. The highest BCUT2D eigenvalue weighted by atomic mass is 16.3. The average Bonchev–Trinajstić information content (AvgIpc) is 2.67. The first-order valence-electron chi connectivity index (χ1n) is 9.09. The van der Waals surface area contributed by atoms with Crippen molar-refractivity contribution in [1.29, 1.82) is 0 Å². The minimum Gasteiger partial charge on any atom is -0.390 e. The summed E-state index contributed by atoms with van der Waals surface area (Å²) >= 11 is 0. The van der Waals surface area contributed by atoms with E-state index >= 15 is 0 Å². The predicted molar refractivity (Wildman–Crippen MR) is 85.9 cm³/mol. The van der Waals surface area contributed by atoms with Gasteiger partial charge < -0.3 is 10.2 Å². The number of hydrogen-bond acceptors (Lipinski definition) is 2. The van der Waals surface area contributed by atoms with Crippen molar-refractivity contribution in [1.82, 2.24) is 0 Å². The first kappa shape index (κ1) is 18.0. The van der Waals surface area contributed by atoms with E-state index in [1.807, 2.05) is 0 Å². The first-order chi connectivity index (χ1) is 9.69. The Bertz CT molecular complexity index is 219. The maximum atomic E-state index is 10.6. The van der Waals surface area contributed by atoms with Crippen molar-refractivity contribution in [2.24, 2.45) is 0 Å². The van der Waals surface area contributed by atoms with Crippen LogP contribution in [-0.4, -0.2) is 21.9 Å². The van der Waals surface area contributed by atoms with Crippen molar-refractivity contribution in [3.63, 3.8) is 0 Å². The number of aliphatic hydroxyl groups excluding tert-OH is 1. The molecule has 0 aromatic carbocycles. The van der Waals surface area contributed by atoms with E-state index in [9.17, 15) is 10.2 Å². The van der Waals surface area contributed by atoms with E-state index in [0.29, 0.717) is 0 Å². The van der Waals surface area contributed by atoms with Crippen LogP contribution in [0, 0.1) is 0 Å². The lowest BCUT2D eigenvalue weighted by molar-refractivity contribution is -0.0880. The molecule has 0 aromatic heterocycles. The van der Waals surface area contributed by atoms with Crippen LogP contribution >= 0.6 is 0 Å². The zero-order chi connectivity index (χ0) is 14.7. The Labute approximate surface area is 126 Å². The van der Waals surface area contributed by atoms with Crippen LogP contribution in [0.1, 0.15) is 103 Å². The highest BCUT2D eigenvalue weighted by molar-refractivity contribution is 4.87. The van der Waals surface area contributed by atoms with Crippen molar-refractivity contribution < 1.29 is 10.2 Å².